The van der Waals surface area contributed by atoms with E-state index in [0.29, 0.717) is 40.7 Å². The molecule has 0 saturated heterocycles. The Hall–Kier alpha value is -3.32. The number of carboxylic acids is 1. The third-order valence-electron chi connectivity index (χ3n) is 4.70. The maximum atomic E-state index is 11.8. The fourth-order valence-electron chi connectivity index (χ4n) is 3.15. The highest BCUT2D eigenvalue weighted by atomic mass is 35.5. The van der Waals surface area contributed by atoms with Gasteiger partial charge in [-0.05, 0) is 30.2 Å². The number of ether oxygens (including phenoxy) is 2. The second-order valence-electron chi connectivity index (χ2n) is 6.95. The number of carbonyl (C=O) groups excluding carboxylic acids is 1. The Labute approximate surface area is 185 Å². The van der Waals surface area contributed by atoms with E-state index in [0.717, 1.165) is 12.0 Å². The molecule has 0 spiro atoms. The van der Waals surface area contributed by atoms with Gasteiger partial charge in [-0.1, -0.05) is 42.8 Å². The zero-order chi connectivity index (χ0) is 22.4. The van der Waals surface area contributed by atoms with Gasteiger partial charge in [-0.25, -0.2) is 14.6 Å². The first-order chi connectivity index (χ1) is 14.9. The molecule has 0 amide bonds. The highest BCUT2D eigenvalue weighted by Crippen LogP contribution is 2.24. The zero-order valence-electron chi connectivity index (χ0n) is 17.3. The van der Waals surface area contributed by atoms with Gasteiger partial charge in [0, 0.05) is 18.4 Å². The average molecular weight is 443 g/mol. The summed E-state index contributed by atoms with van der Waals surface area (Å²) in [5.41, 5.74) is 2.52. The molecule has 3 rings (SSSR count). The Kier molecular flexibility index (Phi) is 7.31. The van der Waals surface area contributed by atoms with Crippen LogP contribution in [-0.4, -0.2) is 34.1 Å². The molecule has 0 aliphatic carbocycles. The van der Waals surface area contributed by atoms with E-state index in [1.165, 1.54) is 7.11 Å². The lowest BCUT2D eigenvalue weighted by molar-refractivity contribution is 0.0599. The smallest absolute Gasteiger partial charge is 0.356 e. The van der Waals surface area contributed by atoms with Gasteiger partial charge >= 0.3 is 11.9 Å². The fourth-order valence-corrected chi connectivity index (χ4v) is 3.41. The van der Waals surface area contributed by atoms with E-state index in [1.807, 2.05) is 19.1 Å². The van der Waals surface area contributed by atoms with Crippen LogP contribution >= 0.6 is 11.6 Å². The first-order valence-corrected chi connectivity index (χ1v) is 10.2. The molecule has 162 valence electrons. The fraction of sp³-hybridized carbons (Fsp3) is 0.261. The lowest BCUT2D eigenvalue weighted by atomic mass is 10.1. The summed E-state index contributed by atoms with van der Waals surface area (Å²) in [6.45, 7) is 2.20. The number of methoxy groups -OCH3 is 1. The van der Waals surface area contributed by atoms with E-state index >= 15 is 0 Å². The monoisotopic (exact) mass is 442 g/mol. The number of nitrogens with one attached hydrogen (secondary N) is 1. The summed E-state index contributed by atoms with van der Waals surface area (Å²) in [7, 11) is 1.30. The molecule has 0 atom stereocenters. The standard InChI is InChI=1S/C23H23ClN2O5/c1-3-5-19-25-18(21(26-19)22(27)28)12-14-8-10-16(11-9-14)31-13-15-6-4-7-17(20(15)24)23(29)30-2/h4,6-11H,3,5,12-13H2,1-2H3,(H,25,26)(H,27,28). The molecule has 0 aliphatic rings. The van der Waals surface area contributed by atoms with Crippen molar-refractivity contribution in [3.05, 3.63) is 81.4 Å². The van der Waals surface area contributed by atoms with Crippen molar-refractivity contribution in [2.75, 3.05) is 7.11 Å². The number of esters is 1. The SMILES string of the molecule is CCCc1nc(C(=O)O)c(Cc2ccc(OCc3cccc(C(=O)OC)c3Cl)cc2)[nH]1. The number of rotatable bonds is 9. The van der Waals surface area contributed by atoms with Crippen LogP contribution in [0.3, 0.4) is 0 Å². The van der Waals surface area contributed by atoms with Crippen molar-refractivity contribution in [2.45, 2.75) is 32.8 Å². The topological polar surface area (TPSA) is 102 Å². The summed E-state index contributed by atoms with van der Waals surface area (Å²) in [5.74, 6) is -0.239. The maximum absolute atomic E-state index is 11.8. The minimum atomic E-state index is -1.04. The summed E-state index contributed by atoms with van der Waals surface area (Å²) < 4.78 is 10.5. The van der Waals surface area contributed by atoms with Gasteiger partial charge in [0.15, 0.2) is 5.69 Å². The second kappa shape index (κ2) is 10.1. The number of aryl methyl sites for hydroxylation is 1. The molecule has 0 unspecified atom stereocenters. The Bertz CT molecular complexity index is 1080. The van der Waals surface area contributed by atoms with Gasteiger partial charge in [-0.15, -0.1) is 0 Å². The molecule has 7 nitrogen and oxygen atoms in total. The van der Waals surface area contributed by atoms with E-state index in [9.17, 15) is 14.7 Å². The Morgan fingerprint density at radius 2 is 1.90 bits per heavy atom. The van der Waals surface area contributed by atoms with Crippen molar-refractivity contribution in [3.8, 4) is 5.75 Å². The van der Waals surface area contributed by atoms with E-state index in [1.54, 1.807) is 30.3 Å². The molecular formula is C23H23ClN2O5. The van der Waals surface area contributed by atoms with E-state index in [2.05, 4.69) is 9.97 Å². The third kappa shape index (κ3) is 5.44. The maximum Gasteiger partial charge on any atom is 0.356 e. The normalized spacial score (nSPS) is 10.7. The summed E-state index contributed by atoms with van der Waals surface area (Å²) in [6.07, 6.45) is 2.00. The molecule has 0 saturated carbocycles. The number of imidazole rings is 1. The predicted molar refractivity (Wildman–Crippen MR) is 116 cm³/mol. The molecule has 0 fully saturated rings. The molecule has 1 aromatic heterocycles. The van der Waals surface area contributed by atoms with Crippen LogP contribution in [0.1, 0.15) is 56.8 Å². The summed E-state index contributed by atoms with van der Waals surface area (Å²) >= 11 is 6.29. The molecule has 0 bridgehead atoms. The van der Waals surface area contributed by atoms with Gasteiger partial charge in [0.25, 0.3) is 0 Å². The lowest BCUT2D eigenvalue weighted by Crippen LogP contribution is -2.05. The largest absolute Gasteiger partial charge is 0.489 e. The van der Waals surface area contributed by atoms with Crippen molar-refractivity contribution < 1.29 is 24.2 Å². The molecule has 3 aromatic rings. The van der Waals surface area contributed by atoms with Gasteiger partial charge in [0.05, 0.1) is 23.4 Å². The predicted octanol–water partition coefficient (Wildman–Crippen LogP) is 4.67. The first kappa shape index (κ1) is 22.4. The number of nitrogens with zero attached hydrogens (tertiary/aromatic N) is 1. The van der Waals surface area contributed by atoms with Crippen LogP contribution in [0.2, 0.25) is 5.02 Å². The van der Waals surface area contributed by atoms with Gasteiger partial charge in [0.2, 0.25) is 0 Å². The second-order valence-corrected chi connectivity index (χ2v) is 7.32. The number of aromatic nitrogens is 2. The zero-order valence-corrected chi connectivity index (χ0v) is 18.0. The van der Waals surface area contributed by atoms with Crippen LogP contribution < -0.4 is 4.74 Å². The van der Waals surface area contributed by atoms with E-state index in [4.69, 9.17) is 21.1 Å². The Morgan fingerprint density at radius 3 is 2.55 bits per heavy atom. The quantitative estimate of drug-likeness (QED) is 0.467. The Balaban J connectivity index is 1.68. The van der Waals surface area contributed by atoms with Crippen molar-refractivity contribution in [2.24, 2.45) is 0 Å². The van der Waals surface area contributed by atoms with Crippen LogP contribution in [0.5, 0.6) is 5.75 Å². The van der Waals surface area contributed by atoms with Crippen LogP contribution in [0, 0.1) is 0 Å². The van der Waals surface area contributed by atoms with Crippen molar-refractivity contribution in [1.29, 1.82) is 0 Å². The van der Waals surface area contributed by atoms with Gasteiger partial charge in [-0.2, -0.15) is 0 Å². The number of halogens is 1. The van der Waals surface area contributed by atoms with Gasteiger partial charge < -0.3 is 19.6 Å². The average Bonchev–Trinajstić information content (AvgIpc) is 3.16. The van der Waals surface area contributed by atoms with E-state index in [-0.39, 0.29) is 17.9 Å². The lowest BCUT2D eigenvalue weighted by Gasteiger charge is -2.10. The van der Waals surface area contributed by atoms with Crippen molar-refractivity contribution in [1.82, 2.24) is 9.97 Å². The number of carbonyl (C=O) groups is 2. The number of aromatic amines is 1. The minimum absolute atomic E-state index is 0.0592. The molecular weight excluding hydrogens is 420 g/mol. The number of aromatic carboxylic acids is 1. The Morgan fingerprint density at radius 1 is 1.16 bits per heavy atom. The first-order valence-electron chi connectivity index (χ1n) is 9.81. The van der Waals surface area contributed by atoms with Gasteiger partial charge in [-0.3, -0.25) is 0 Å². The molecule has 2 aromatic carbocycles. The highest BCUT2D eigenvalue weighted by molar-refractivity contribution is 6.34. The molecule has 2 N–H and O–H groups in total. The summed E-state index contributed by atoms with van der Waals surface area (Å²) in [5, 5.41) is 9.70. The summed E-state index contributed by atoms with van der Waals surface area (Å²) in [6, 6.07) is 12.4. The minimum Gasteiger partial charge on any atom is -0.489 e. The number of hydrogen-bond acceptors (Lipinski definition) is 5. The molecule has 0 aliphatic heterocycles. The molecule has 8 heteroatoms. The van der Waals surface area contributed by atoms with E-state index < -0.39 is 11.9 Å². The van der Waals surface area contributed by atoms with Crippen LogP contribution in [0.25, 0.3) is 0 Å². The highest BCUT2D eigenvalue weighted by Gasteiger charge is 2.17. The van der Waals surface area contributed by atoms with Crippen LogP contribution in [-0.2, 0) is 24.2 Å². The number of carboxylic acid groups (broad SMARTS) is 1. The van der Waals surface area contributed by atoms with Crippen molar-refractivity contribution in [3.63, 3.8) is 0 Å². The van der Waals surface area contributed by atoms with Crippen LogP contribution in [0.15, 0.2) is 42.5 Å². The number of benzene rings is 2. The van der Waals surface area contributed by atoms with Gasteiger partial charge in [0.1, 0.15) is 18.2 Å². The number of hydrogen-bond donors (Lipinski definition) is 2. The number of H-pyrrole nitrogens is 1. The van der Waals surface area contributed by atoms with Crippen molar-refractivity contribution >= 4 is 23.5 Å². The van der Waals surface area contributed by atoms with Crippen LogP contribution in [0.4, 0.5) is 0 Å². The molecule has 1 heterocycles. The molecule has 31 heavy (non-hydrogen) atoms. The third-order valence-corrected chi connectivity index (χ3v) is 5.15. The summed E-state index contributed by atoms with van der Waals surface area (Å²) in [4.78, 5) is 30.5. The molecule has 0 radical (unpaired) electrons.